The highest BCUT2D eigenvalue weighted by Gasteiger charge is 2.28. The summed E-state index contributed by atoms with van der Waals surface area (Å²) in [5.41, 5.74) is 5.32. The summed E-state index contributed by atoms with van der Waals surface area (Å²) in [7, 11) is -4.73. The summed E-state index contributed by atoms with van der Waals surface area (Å²) in [4.78, 5) is 45.9. The van der Waals surface area contributed by atoms with Crippen LogP contribution in [-0.4, -0.2) is 59.9 Å². The molecule has 0 amide bonds. The Bertz CT molecular complexity index is 1230. The molecule has 0 spiro atoms. The Labute approximate surface area is 338 Å². The molecule has 11 nitrogen and oxygen atoms in total. The third-order valence-electron chi connectivity index (χ3n) is 8.44. The lowest BCUT2D eigenvalue weighted by Gasteiger charge is -2.20. The maximum atomic E-state index is 12.6. The number of rotatable bonds is 38. The van der Waals surface area contributed by atoms with Gasteiger partial charge in [-0.05, 0) is 83.5 Å². The summed E-state index contributed by atoms with van der Waals surface area (Å²) in [6, 6.07) is -1.53. The molecule has 12 heteroatoms. The van der Waals surface area contributed by atoms with Gasteiger partial charge in [0, 0.05) is 12.8 Å². The van der Waals surface area contributed by atoms with Gasteiger partial charge in [0.15, 0.2) is 6.10 Å². The van der Waals surface area contributed by atoms with Crippen molar-refractivity contribution in [1.82, 2.24) is 0 Å². The number of phosphoric acid groups is 1. The van der Waals surface area contributed by atoms with Crippen molar-refractivity contribution in [3.05, 3.63) is 72.9 Å². The Morgan fingerprint density at radius 1 is 0.571 bits per heavy atom. The van der Waals surface area contributed by atoms with Gasteiger partial charge in [-0.2, -0.15) is 0 Å². The average Bonchev–Trinajstić information content (AvgIpc) is 3.17. The average molecular weight is 808 g/mol. The van der Waals surface area contributed by atoms with Crippen LogP contribution in [0.25, 0.3) is 0 Å². The van der Waals surface area contributed by atoms with Crippen LogP contribution in [0.4, 0.5) is 0 Å². The number of phosphoric ester groups is 1. The van der Waals surface area contributed by atoms with Crippen LogP contribution in [0.5, 0.6) is 0 Å². The minimum absolute atomic E-state index is 0.128. The molecule has 3 atom stereocenters. The van der Waals surface area contributed by atoms with Gasteiger partial charge in [-0.1, -0.05) is 132 Å². The number of carbonyl (C=O) groups is 3. The van der Waals surface area contributed by atoms with E-state index in [1.165, 1.54) is 19.3 Å². The number of ether oxygens (including phenoxy) is 2. The molecule has 0 rings (SSSR count). The van der Waals surface area contributed by atoms with Crippen LogP contribution in [0, 0.1) is 0 Å². The van der Waals surface area contributed by atoms with Crippen LogP contribution in [0.3, 0.4) is 0 Å². The Hall–Kier alpha value is -3.08. The standard InChI is InChI=1S/C44H74NO10P/c1-3-5-7-9-11-13-15-17-19-20-22-24-26-28-30-32-34-36-43(47)55-40(38-53-56(50,51)54-39-41(45)44(48)49)37-52-42(46)35-33-31-29-27-25-23-21-18-16-14-12-10-8-6-4-2/h6,8,11-14,17-19,21-22,24,40-41H,3-5,7,9-10,15-16,20,23,25-39,45H2,1-2H3,(H,48,49)(H,50,51)/t40-,41+/m1/s1. The number of carboxylic acids is 1. The van der Waals surface area contributed by atoms with E-state index in [9.17, 15) is 23.8 Å². The highest BCUT2D eigenvalue weighted by Crippen LogP contribution is 2.43. The minimum Gasteiger partial charge on any atom is -0.480 e. The molecule has 1 unspecified atom stereocenters. The number of unbranched alkanes of at least 4 members (excludes halogenated alkanes) is 12. The maximum absolute atomic E-state index is 12.6. The fourth-order valence-electron chi connectivity index (χ4n) is 5.14. The fraction of sp³-hybridized carbons (Fsp3) is 0.659. The highest BCUT2D eigenvalue weighted by atomic mass is 31.2. The van der Waals surface area contributed by atoms with Crippen molar-refractivity contribution in [3.63, 3.8) is 0 Å². The smallest absolute Gasteiger partial charge is 0.472 e. The SMILES string of the molecule is CCC=CCC=CCC=CCCCCCCCC(=O)OC[C@H](COP(=O)(O)OC[C@H](N)C(=O)O)OC(=O)CCCCCCC=CCC=CCC=CCCCCC. The lowest BCUT2D eigenvalue weighted by molar-refractivity contribution is -0.161. The van der Waals surface area contributed by atoms with E-state index in [0.717, 1.165) is 96.3 Å². The zero-order chi connectivity index (χ0) is 41.4. The maximum Gasteiger partial charge on any atom is 0.472 e. The fourth-order valence-corrected chi connectivity index (χ4v) is 5.92. The van der Waals surface area contributed by atoms with E-state index in [1.54, 1.807) is 0 Å². The second-order valence-corrected chi connectivity index (χ2v) is 15.2. The van der Waals surface area contributed by atoms with Crippen LogP contribution < -0.4 is 5.73 Å². The largest absolute Gasteiger partial charge is 0.480 e. The summed E-state index contributed by atoms with van der Waals surface area (Å²) in [5.74, 6) is -2.44. The molecule has 0 bridgehead atoms. The molecule has 0 aliphatic heterocycles. The normalized spacial score (nSPS) is 14.5. The number of hydrogen-bond donors (Lipinski definition) is 3. The van der Waals surface area contributed by atoms with Crippen molar-refractivity contribution in [3.8, 4) is 0 Å². The van der Waals surface area contributed by atoms with E-state index in [1.807, 2.05) is 0 Å². The molecule has 0 aromatic heterocycles. The minimum atomic E-state index is -4.73. The molecular formula is C44H74NO10P. The van der Waals surface area contributed by atoms with E-state index < -0.39 is 51.1 Å². The van der Waals surface area contributed by atoms with E-state index in [0.29, 0.717) is 12.8 Å². The predicted molar refractivity (Wildman–Crippen MR) is 226 cm³/mol. The molecule has 320 valence electrons. The third-order valence-corrected chi connectivity index (χ3v) is 9.39. The van der Waals surface area contributed by atoms with Crippen molar-refractivity contribution in [1.29, 1.82) is 0 Å². The monoisotopic (exact) mass is 808 g/mol. The second kappa shape index (κ2) is 38.8. The molecule has 0 saturated carbocycles. The van der Waals surface area contributed by atoms with Gasteiger partial charge < -0.3 is 25.2 Å². The van der Waals surface area contributed by atoms with Gasteiger partial charge in [-0.3, -0.25) is 23.4 Å². The number of allylic oxidation sites excluding steroid dienone is 12. The van der Waals surface area contributed by atoms with Gasteiger partial charge in [0.1, 0.15) is 12.6 Å². The van der Waals surface area contributed by atoms with Crippen LogP contribution in [0.1, 0.15) is 155 Å². The number of nitrogens with two attached hydrogens (primary N) is 1. The zero-order valence-corrected chi connectivity index (χ0v) is 35.3. The lowest BCUT2D eigenvalue weighted by Crippen LogP contribution is -2.34. The summed E-state index contributed by atoms with van der Waals surface area (Å²) in [5, 5.41) is 8.88. The number of esters is 2. The summed E-state index contributed by atoms with van der Waals surface area (Å²) < 4.78 is 32.6. The Morgan fingerprint density at radius 3 is 1.50 bits per heavy atom. The summed E-state index contributed by atoms with van der Waals surface area (Å²) in [6.07, 6.45) is 45.3. The molecule has 0 radical (unpaired) electrons. The zero-order valence-electron chi connectivity index (χ0n) is 34.4. The number of carboxylic acid groups (broad SMARTS) is 1. The van der Waals surface area contributed by atoms with Crippen molar-refractivity contribution >= 4 is 25.7 Å². The Kier molecular flexibility index (Phi) is 36.6. The molecule has 0 aliphatic carbocycles. The molecule has 0 aliphatic rings. The molecule has 0 fully saturated rings. The summed E-state index contributed by atoms with van der Waals surface area (Å²) >= 11 is 0. The van der Waals surface area contributed by atoms with E-state index in [2.05, 4.69) is 91.3 Å². The first-order chi connectivity index (χ1) is 27.1. The molecule has 0 aromatic carbocycles. The topological polar surface area (TPSA) is 172 Å². The van der Waals surface area contributed by atoms with Gasteiger partial charge in [0.25, 0.3) is 0 Å². The molecule has 0 aromatic rings. The molecular weight excluding hydrogens is 733 g/mol. The molecule has 0 heterocycles. The quantitative estimate of drug-likeness (QED) is 0.0235. The van der Waals surface area contributed by atoms with Gasteiger partial charge in [-0.25, -0.2) is 4.57 Å². The van der Waals surface area contributed by atoms with Crippen molar-refractivity contribution in [2.45, 2.75) is 167 Å². The van der Waals surface area contributed by atoms with E-state index in [-0.39, 0.29) is 19.4 Å². The second-order valence-electron chi connectivity index (χ2n) is 13.7. The van der Waals surface area contributed by atoms with Crippen molar-refractivity contribution < 1.29 is 47.5 Å². The van der Waals surface area contributed by atoms with Crippen molar-refractivity contribution in [2.75, 3.05) is 19.8 Å². The molecule has 4 N–H and O–H groups in total. The third kappa shape index (κ3) is 37.8. The van der Waals surface area contributed by atoms with E-state index in [4.69, 9.17) is 24.8 Å². The molecule has 0 saturated heterocycles. The van der Waals surface area contributed by atoms with Gasteiger partial charge >= 0.3 is 25.7 Å². The van der Waals surface area contributed by atoms with Crippen LogP contribution in [0.15, 0.2) is 72.9 Å². The van der Waals surface area contributed by atoms with Gasteiger partial charge in [-0.15, -0.1) is 0 Å². The van der Waals surface area contributed by atoms with Crippen LogP contribution >= 0.6 is 7.82 Å². The van der Waals surface area contributed by atoms with Crippen molar-refractivity contribution in [2.24, 2.45) is 5.73 Å². The van der Waals surface area contributed by atoms with E-state index >= 15 is 0 Å². The number of hydrogen-bond acceptors (Lipinski definition) is 9. The first-order valence-corrected chi connectivity index (χ1v) is 22.5. The highest BCUT2D eigenvalue weighted by molar-refractivity contribution is 7.47. The molecule has 56 heavy (non-hydrogen) atoms. The Balaban J connectivity index is 4.48. The number of carbonyl (C=O) groups excluding carboxylic acids is 2. The first-order valence-electron chi connectivity index (χ1n) is 21.0. The first kappa shape index (κ1) is 52.9. The Morgan fingerprint density at radius 2 is 1.00 bits per heavy atom. The lowest BCUT2D eigenvalue weighted by atomic mass is 10.1. The van der Waals surface area contributed by atoms with Crippen LogP contribution in [0.2, 0.25) is 0 Å². The predicted octanol–water partition coefficient (Wildman–Crippen LogP) is 10.9. The van der Waals surface area contributed by atoms with Crippen LogP contribution in [-0.2, 0) is 37.5 Å². The van der Waals surface area contributed by atoms with Gasteiger partial charge in [0.2, 0.25) is 0 Å². The summed E-state index contributed by atoms with van der Waals surface area (Å²) in [6.45, 7) is 2.60. The number of aliphatic carboxylic acids is 1. The van der Waals surface area contributed by atoms with Gasteiger partial charge in [0.05, 0.1) is 13.2 Å².